The van der Waals surface area contributed by atoms with Gasteiger partial charge < -0.3 is 45.6 Å². The van der Waals surface area contributed by atoms with Crippen LogP contribution in [0.4, 0.5) is 0 Å². The molecule has 0 radical (unpaired) electrons. The van der Waals surface area contributed by atoms with Crippen LogP contribution in [0.25, 0.3) is 0 Å². The number of esters is 1. The second-order valence-corrected chi connectivity index (χ2v) is 21.7. The highest BCUT2D eigenvalue weighted by atomic mass is 16.5. The molecule has 15 nitrogen and oxygen atoms in total. The first-order valence-corrected chi connectivity index (χ1v) is 30.0. The van der Waals surface area contributed by atoms with Crippen molar-refractivity contribution in [1.29, 1.82) is 0 Å². The second-order valence-electron chi connectivity index (χ2n) is 21.7. The second kappa shape index (κ2) is 40.5. The summed E-state index contributed by atoms with van der Waals surface area (Å²) in [5.41, 5.74) is 8.43. The quantitative estimate of drug-likeness (QED) is 0.0224. The lowest BCUT2D eigenvalue weighted by Crippen LogP contribution is -2.43. The van der Waals surface area contributed by atoms with Gasteiger partial charge in [0.2, 0.25) is 23.6 Å². The standard InChI is InChI=1S/C23H33NO4.C22H32N2O3.C22H29NO4/c1-28-23(27)14-7-2-3-8-17-24-20(12-9-13-22(24)26)15-16-21(25)18-19-10-5-4-6-11-19;23-21(26)12-6-1-2-7-16-24-19(11-8-13-22(24)27)14-15-20(25)17-18-9-4-3-5-10-18;24-20(17-18-9-4-3-5-10-18)15-14-19-11-8-12-21(25)23(19)16-7-2-1-6-13-22(26)27/h4-6,10-11,15-16,20-21,25H,2-3,7-9,12-14,17-18H2,1H3;3-5,9-10,14-15,19-20,25H,1-2,6-8,11-13,16-17H2,(H2,23,26);2-5,7,9-10,14-15,19-20,24H,1,6,8,11-13,16-17H2,(H,26,27)/b16-15+;15-14+;7-2-,15-14+/t20-,21?;2*19-,20?/m111/s1. The van der Waals surface area contributed by atoms with Gasteiger partial charge in [-0.25, -0.2) is 0 Å². The maximum atomic E-state index is 12.4. The topological polar surface area (TPSA) is 228 Å². The molecule has 6 rings (SSSR count). The first-order chi connectivity index (χ1) is 39.7. The van der Waals surface area contributed by atoms with Crippen LogP contribution >= 0.6 is 0 Å². The van der Waals surface area contributed by atoms with Crippen LogP contribution in [-0.2, 0) is 52.8 Å². The molecule has 0 bridgehead atoms. The van der Waals surface area contributed by atoms with Crippen molar-refractivity contribution in [1.82, 2.24) is 14.7 Å². The van der Waals surface area contributed by atoms with Crippen molar-refractivity contribution < 1.29 is 53.9 Å². The molecule has 0 saturated carbocycles. The van der Waals surface area contributed by atoms with Gasteiger partial charge in [0.25, 0.3) is 0 Å². The van der Waals surface area contributed by atoms with Gasteiger partial charge in [0.15, 0.2) is 0 Å². The molecule has 3 aliphatic rings. The van der Waals surface area contributed by atoms with Crippen LogP contribution in [0.3, 0.4) is 0 Å². The van der Waals surface area contributed by atoms with Crippen molar-refractivity contribution in [3.63, 3.8) is 0 Å². The molecule has 0 aliphatic carbocycles. The number of carbonyl (C=O) groups is 6. The molecule has 3 fully saturated rings. The lowest BCUT2D eigenvalue weighted by molar-refractivity contribution is -0.141. The van der Waals surface area contributed by atoms with Crippen molar-refractivity contribution in [2.75, 3.05) is 26.7 Å². The summed E-state index contributed by atoms with van der Waals surface area (Å²) in [6, 6.07) is 29.8. The molecule has 3 aliphatic heterocycles. The number of carboxylic acid groups (broad SMARTS) is 1. The summed E-state index contributed by atoms with van der Waals surface area (Å²) in [5, 5.41) is 39.5. The number of aliphatic hydroxyl groups is 3. The molecular formula is C67H94N4O11. The van der Waals surface area contributed by atoms with Crippen LogP contribution < -0.4 is 5.73 Å². The zero-order valence-electron chi connectivity index (χ0n) is 48.6. The smallest absolute Gasteiger partial charge is 0.305 e. The number of likely N-dealkylation sites (tertiary alicyclic amines) is 3. The summed E-state index contributed by atoms with van der Waals surface area (Å²) in [6.07, 6.45) is 32.4. The molecule has 0 spiro atoms. The summed E-state index contributed by atoms with van der Waals surface area (Å²) in [7, 11) is 1.41. The number of benzene rings is 3. The van der Waals surface area contributed by atoms with Crippen LogP contribution in [0.5, 0.6) is 0 Å². The Morgan fingerprint density at radius 1 is 0.524 bits per heavy atom. The van der Waals surface area contributed by atoms with Crippen LogP contribution in [0, 0.1) is 0 Å². The number of nitrogens with zero attached hydrogens (tertiary/aromatic N) is 3. The number of piperidine rings is 3. The number of hydrogen-bond donors (Lipinski definition) is 5. The molecule has 3 aromatic rings. The molecule has 448 valence electrons. The van der Waals surface area contributed by atoms with Crippen molar-refractivity contribution in [2.24, 2.45) is 5.73 Å². The van der Waals surface area contributed by atoms with Gasteiger partial charge in [0.05, 0.1) is 43.5 Å². The summed E-state index contributed by atoms with van der Waals surface area (Å²) in [4.78, 5) is 75.0. The average Bonchev–Trinajstić information content (AvgIpc) is 3.52. The number of allylic oxidation sites excluding steroid dienone is 1. The van der Waals surface area contributed by atoms with Gasteiger partial charge >= 0.3 is 11.9 Å². The van der Waals surface area contributed by atoms with E-state index >= 15 is 0 Å². The monoisotopic (exact) mass is 1130 g/mol. The fraction of sp³-hybridized carbons (Fsp3) is 0.522. The van der Waals surface area contributed by atoms with Gasteiger partial charge in [-0.3, -0.25) is 28.8 Å². The molecule has 15 heteroatoms. The van der Waals surface area contributed by atoms with E-state index in [1.165, 1.54) is 7.11 Å². The molecule has 4 amide bonds. The SMILES string of the molecule is COC(=O)CCCCCCN1C(=O)CCC[C@@H]1/C=C/C(O)Cc1ccccc1.NC(=O)CCCCCCN1C(=O)CCC[C@@H]1/C=C/C(O)Cc1ccccc1.O=C(O)CCC/C=C\CN1C(=O)CCC[C@@H]1/C=C/C(O)Cc1ccccc1. The van der Waals surface area contributed by atoms with Crippen molar-refractivity contribution in [3.8, 4) is 0 Å². The van der Waals surface area contributed by atoms with Crippen molar-refractivity contribution >= 4 is 35.6 Å². The highest BCUT2D eigenvalue weighted by Crippen LogP contribution is 2.24. The Kier molecular flexibility index (Phi) is 33.5. The van der Waals surface area contributed by atoms with E-state index in [4.69, 9.17) is 10.8 Å². The molecule has 3 aromatic carbocycles. The summed E-state index contributed by atoms with van der Waals surface area (Å²) >= 11 is 0. The zero-order valence-corrected chi connectivity index (χ0v) is 48.6. The Morgan fingerprint density at radius 3 is 1.29 bits per heavy atom. The number of carboxylic acids is 1. The van der Waals surface area contributed by atoms with Gasteiger partial charge in [0, 0.05) is 77.4 Å². The van der Waals surface area contributed by atoms with Gasteiger partial charge in [-0.15, -0.1) is 0 Å². The van der Waals surface area contributed by atoms with Crippen molar-refractivity contribution in [3.05, 3.63) is 156 Å². The van der Waals surface area contributed by atoms with Gasteiger partial charge in [0.1, 0.15) is 0 Å². The molecule has 0 aromatic heterocycles. The minimum absolute atomic E-state index is 0.000318. The van der Waals surface area contributed by atoms with Crippen molar-refractivity contribution in [2.45, 2.75) is 197 Å². The van der Waals surface area contributed by atoms with E-state index in [0.717, 1.165) is 120 Å². The Morgan fingerprint density at radius 2 is 0.902 bits per heavy atom. The molecule has 3 unspecified atom stereocenters. The predicted molar refractivity (Wildman–Crippen MR) is 322 cm³/mol. The van der Waals surface area contributed by atoms with Gasteiger partial charge in [-0.1, -0.05) is 165 Å². The van der Waals surface area contributed by atoms with E-state index in [2.05, 4.69) is 4.74 Å². The average molecular weight is 1130 g/mol. The Bertz CT molecular complexity index is 2430. The fourth-order valence-corrected chi connectivity index (χ4v) is 10.4. The number of ether oxygens (including phenoxy) is 1. The third-order valence-electron chi connectivity index (χ3n) is 14.9. The Hall–Kier alpha value is -6.68. The molecule has 3 heterocycles. The molecule has 6 atom stereocenters. The third-order valence-corrected chi connectivity index (χ3v) is 14.9. The number of primary amides is 1. The number of carbonyl (C=O) groups excluding carboxylic acids is 5. The number of methoxy groups -OCH3 is 1. The lowest BCUT2D eigenvalue weighted by Gasteiger charge is -2.34. The largest absolute Gasteiger partial charge is 0.481 e. The number of unbranched alkanes of at least 4 members (excludes halogenated alkanes) is 7. The molecule has 3 saturated heterocycles. The predicted octanol–water partition coefficient (Wildman–Crippen LogP) is 9.95. The van der Waals surface area contributed by atoms with Gasteiger partial charge in [-0.05, 0) is 93.7 Å². The Balaban J connectivity index is 0.000000264. The van der Waals surface area contributed by atoms with E-state index in [-0.39, 0.29) is 54.1 Å². The van der Waals surface area contributed by atoms with Crippen LogP contribution in [0.1, 0.15) is 158 Å². The van der Waals surface area contributed by atoms with Crippen LogP contribution in [0.15, 0.2) is 140 Å². The number of rotatable bonds is 32. The minimum atomic E-state index is -0.783. The Labute approximate surface area is 488 Å². The summed E-state index contributed by atoms with van der Waals surface area (Å²) < 4.78 is 4.64. The summed E-state index contributed by atoms with van der Waals surface area (Å²) in [5.74, 6) is -0.665. The lowest BCUT2D eigenvalue weighted by atomic mass is 9.99. The van der Waals surface area contributed by atoms with E-state index in [9.17, 15) is 44.1 Å². The number of nitrogens with two attached hydrogens (primary N) is 1. The van der Waals surface area contributed by atoms with E-state index in [1.54, 1.807) is 6.08 Å². The zero-order chi connectivity index (χ0) is 59.2. The molecular weight excluding hydrogens is 1040 g/mol. The van der Waals surface area contributed by atoms with Crippen LogP contribution in [0.2, 0.25) is 0 Å². The first kappa shape index (κ1) is 67.8. The fourth-order valence-electron chi connectivity index (χ4n) is 10.4. The van der Waals surface area contributed by atoms with E-state index in [1.807, 2.05) is 148 Å². The maximum absolute atomic E-state index is 12.4. The maximum Gasteiger partial charge on any atom is 0.305 e. The van der Waals surface area contributed by atoms with E-state index in [0.29, 0.717) is 70.8 Å². The van der Waals surface area contributed by atoms with Gasteiger partial charge in [-0.2, -0.15) is 0 Å². The minimum Gasteiger partial charge on any atom is -0.481 e. The number of hydrogen-bond acceptors (Lipinski definition) is 10. The highest BCUT2D eigenvalue weighted by molar-refractivity contribution is 5.78. The first-order valence-electron chi connectivity index (χ1n) is 30.0. The number of amides is 4. The molecule has 6 N–H and O–H groups in total. The highest BCUT2D eigenvalue weighted by Gasteiger charge is 2.28. The third kappa shape index (κ3) is 28.8. The van der Waals surface area contributed by atoms with E-state index < -0.39 is 24.3 Å². The number of aliphatic carboxylic acids is 1. The number of aliphatic hydroxyl groups excluding tert-OH is 3. The normalized spacial score (nSPS) is 18.8. The molecule has 82 heavy (non-hydrogen) atoms. The van der Waals surface area contributed by atoms with Crippen LogP contribution in [-0.4, -0.2) is 134 Å². The summed E-state index contributed by atoms with van der Waals surface area (Å²) in [6.45, 7) is 2.00.